The normalized spacial score (nSPS) is 22.0. The Bertz CT molecular complexity index is 1100. The van der Waals surface area contributed by atoms with Gasteiger partial charge < -0.3 is 9.88 Å². The zero-order valence-electron chi connectivity index (χ0n) is 15.5. The lowest BCUT2D eigenvalue weighted by molar-refractivity contribution is -0.159. The first kappa shape index (κ1) is 16.7. The first-order valence-corrected chi connectivity index (χ1v) is 9.44. The van der Waals surface area contributed by atoms with Gasteiger partial charge in [-0.05, 0) is 24.1 Å². The highest BCUT2D eigenvalue weighted by Crippen LogP contribution is 2.38. The van der Waals surface area contributed by atoms with E-state index in [0.717, 1.165) is 27.7 Å². The number of nitrogens with one attached hydrogen (secondary N) is 1. The number of aromatic amines is 1. The summed E-state index contributed by atoms with van der Waals surface area (Å²) in [5, 5.41) is 6.74. The van der Waals surface area contributed by atoms with Crippen molar-refractivity contribution >= 4 is 28.9 Å². The summed E-state index contributed by atoms with van der Waals surface area (Å²) in [6.45, 7) is 1.95. The van der Waals surface area contributed by atoms with Crippen LogP contribution in [0.15, 0.2) is 59.7 Å². The predicted molar refractivity (Wildman–Crippen MR) is 107 cm³/mol. The van der Waals surface area contributed by atoms with Crippen molar-refractivity contribution in [1.82, 2.24) is 14.9 Å². The Morgan fingerprint density at radius 3 is 2.64 bits per heavy atom. The van der Waals surface area contributed by atoms with Crippen molar-refractivity contribution in [2.24, 2.45) is 5.10 Å². The van der Waals surface area contributed by atoms with Crippen LogP contribution < -0.4 is 0 Å². The standard InChI is InChI=1S/C22H20N4O2/c1-14-21-17(16-9-5-6-10-18(16)24-21)11-19-22(28)25(13-20(27)26(14)19)23-12-15-7-3-2-4-8-15/h2-10,12,14,19,24H,11,13H2,1H3/b23-12+/t14-,19-/m0/s1. The fourth-order valence-corrected chi connectivity index (χ4v) is 4.33. The van der Waals surface area contributed by atoms with Crippen LogP contribution in [0.1, 0.15) is 29.8 Å². The van der Waals surface area contributed by atoms with Gasteiger partial charge in [-0.2, -0.15) is 5.10 Å². The third-order valence-electron chi connectivity index (χ3n) is 5.67. The van der Waals surface area contributed by atoms with Crippen LogP contribution in [-0.2, 0) is 16.0 Å². The molecule has 140 valence electrons. The minimum absolute atomic E-state index is 0.0292. The average molecular weight is 372 g/mol. The zero-order valence-corrected chi connectivity index (χ0v) is 15.5. The number of aromatic nitrogens is 1. The summed E-state index contributed by atoms with van der Waals surface area (Å²) in [5.41, 5.74) is 4.08. The number of hydrazone groups is 1. The number of amides is 2. The van der Waals surface area contributed by atoms with E-state index in [1.165, 1.54) is 5.01 Å². The van der Waals surface area contributed by atoms with E-state index < -0.39 is 6.04 Å². The van der Waals surface area contributed by atoms with Gasteiger partial charge in [0.1, 0.15) is 12.6 Å². The molecule has 5 rings (SSSR count). The number of rotatable bonds is 2. The Labute approximate surface area is 162 Å². The summed E-state index contributed by atoms with van der Waals surface area (Å²) < 4.78 is 0. The molecule has 2 atom stereocenters. The Balaban J connectivity index is 1.50. The van der Waals surface area contributed by atoms with Gasteiger partial charge in [0.15, 0.2) is 0 Å². The highest BCUT2D eigenvalue weighted by Gasteiger charge is 2.46. The number of para-hydroxylation sites is 1. The number of nitrogens with zero attached hydrogens (tertiary/aromatic N) is 3. The Morgan fingerprint density at radius 2 is 1.82 bits per heavy atom. The van der Waals surface area contributed by atoms with E-state index >= 15 is 0 Å². The highest BCUT2D eigenvalue weighted by atomic mass is 16.2. The van der Waals surface area contributed by atoms with Crippen LogP contribution in [0.25, 0.3) is 10.9 Å². The van der Waals surface area contributed by atoms with Gasteiger partial charge in [-0.1, -0.05) is 48.5 Å². The number of fused-ring (bicyclic) bond motifs is 4. The van der Waals surface area contributed by atoms with Gasteiger partial charge in [0.25, 0.3) is 5.91 Å². The Kier molecular flexibility index (Phi) is 3.79. The second kappa shape index (κ2) is 6.34. The number of benzene rings is 2. The molecule has 6 nitrogen and oxygen atoms in total. The molecule has 2 amide bonds. The van der Waals surface area contributed by atoms with Gasteiger partial charge in [-0.3, -0.25) is 9.59 Å². The Hall–Kier alpha value is -3.41. The van der Waals surface area contributed by atoms with Gasteiger partial charge in [-0.15, -0.1) is 0 Å². The quantitative estimate of drug-likeness (QED) is 0.703. The van der Waals surface area contributed by atoms with E-state index in [4.69, 9.17) is 0 Å². The molecule has 28 heavy (non-hydrogen) atoms. The predicted octanol–water partition coefficient (Wildman–Crippen LogP) is 2.86. The van der Waals surface area contributed by atoms with Crippen LogP contribution in [0, 0.1) is 0 Å². The maximum absolute atomic E-state index is 13.1. The van der Waals surface area contributed by atoms with E-state index in [1.807, 2.05) is 55.5 Å². The fraction of sp³-hybridized carbons (Fsp3) is 0.227. The maximum Gasteiger partial charge on any atom is 0.266 e. The monoisotopic (exact) mass is 372 g/mol. The summed E-state index contributed by atoms with van der Waals surface area (Å²) in [6.07, 6.45) is 2.13. The van der Waals surface area contributed by atoms with Crippen molar-refractivity contribution in [3.05, 3.63) is 71.4 Å². The molecule has 2 aliphatic rings. The average Bonchev–Trinajstić information content (AvgIpc) is 3.09. The van der Waals surface area contributed by atoms with Crippen LogP contribution in [-0.4, -0.2) is 45.5 Å². The number of carbonyl (C=O) groups excluding carboxylic acids is 2. The lowest BCUT2D eigenvalue weighted by Gasteiger charge is -2.44. The molecule has 2 aliphatic heterocycles. The van der Waals surface area contributed by atoms with E-state index in [-0.39, 0.29) is 24.4 Å². The third-order valence-corrected chi connectivity index (χ3v) is 5.67. The molecule has 3 aromatic rings. The van der Waals surface area contributed by atoms with Gasteiger partial charge >= 0.3 is 0 Å². The van der Waals surface area contributed by atoms with Crippen molar-refractivity contribution in [1.29, 1.82) is 0 Å². The van der Waals surface area contributed by atoms with E-state index in [1.54, 1.807) is 11.1 Å². The molecule has 0 bridgehead atoms. The van der Waals surface area contributed by atoms with E-state index in [0.29, 0.717) is 6.42 Å². The molecule has 2 aromatic carbocycles. The molecule has 1 saturated heterocycles. The molecule has 1 aromatic heterocycles. The maximum atomic E-state index is 13.1. The van der Waals surface area contributed by atoms with Crippen LogP contribution >= 0.6 is 0 Å². The van der Waals surface area contributed by atoms with Gasteiger partial charge in [0, 0.05) is 23.0 Å². The summed E-state index contributed by atoms with van der Waals surface area (Å²) in [5.74, 6) is -0.207. The molecule has 1 N–H and O–H groups in total. The van der Waals surface area contributed by atoms with Crippen molar-refractivity contribution in [3.8, 4) is 0 Å². The summed E-state index contributed by atoms with van der Waals surface area (Å²) >= 11 is 0. The van der Waals surface area contributed by atoms with Gasteiger partial charge in [0.05, 0.1) is 12.3 Å². The smallest absolute Gasteiger partial charge is 0.266 e. The molecule has 0 spiro atoms. The summed E-state index contributed by atoms with van der Waals surface area (Å²) in [4.78, 5) is 31.2. The van der Waals surface area contributed by atoms with Gasteiger partial charge in [0.2, 0.25) is 5.91 Å². The molecule has 6 heteroatoms. The van der Waals surface area contributed by atoms with Crippen molar-refractivity contribution in [2.75, 3.05) is 6.54 Å². The Morgan fingerprint density at radius 1 is 1.07 bits per heavy atom. The largest absolute Gasteiger partial charge is 0.356 e. The first-order valence-electron chi connectivity index (χ1n) is 9.44. The number of hydrogen-bond donors (Lipinski definition) is 1. The molecular formula is C22H20N4O2. The number of hydrogen-bond acceptors (Lipinski definition) is 3. The third kappa shape index (κ3) is 2.52. The summed E-state index contributed by atoms with van der Waals surface area (Å²) in [7, 11) is 0. The molecular weight excluding hydrogens is 352 g/mol. The van der Waals surface area contributed by atoms with Crippen LogP contribution in [0.2, 0.25) is 0 Å². The van der Waals surface area contributed by atoms with Crippen molar-refractivity contribution < 1.29 is 9.59 Å². The molecule has 3 heterocycles. The highest BCUT2D eigenvalue weighted by molar-refractivity contribution is 5.97. The zero-order chi connectivity index (χ0) is 19.3. The van der Waals surface area contributed by atoms with E-state index in [9.17, 15) is 9.59 Å². The van der Waals surface area contributed by atoms with E-state index in [2.05, 4.69) is 16.2 Å². The first-order chi connectivity index (χ1) is 13.6. The topological polar surface area (TPSA) is 68.8 Å². The minimum Gasteiger partial charge on any atom is -0.356 e. The van der Waals surface area contributed by atoms with Crippen LogP contribution in [0.5, 0.6) is 0 Å². The lowest BCUT2D eigenvalue weighted by atomic mass is 9.90. The lowest BCUT2D eigenvalue weighted by Crippen LogP contribution is -2.61. The molecule has 0 unspecified atom stereocenters. The summed E-state index contributed by atoms with van der Waals surface area (Å²) in [6, 6.07) is 17.0. The molecule has 0 saturated carbocycles. The second-order valence-corrected chi connectivity index (χ2v) is 7.31. The minimum atomic E-state index is -0.518. The van der Waals surface area contributed by atoms with Crippen LogP contribution in [0.3, 0.4) is 0 Å². The number of piperazine rings is 1. The SMILES string of the molecule is C[C@H]1c2[nH]c3ccccc3c2C[C@H]2C(=O)N(/N=C/c3ccccc3)CC(=O)N21. The molecule has 1 fully saturated rings. The molecule has 0 aliphatic carbocycles. The van der Waals surface area contributed by atoms with Crippen molar-refractivity contribution in [3.63, 3.8) is 0 Å². The molecule has 0 radical (unpaired) electrons. The van der Waals surface area contributed by atoms with Gasteiger partial charge in [-0.25, -0.2) is 5.01 Å². The number of carbonyl (C=O) groups is 2. The fourth-order valence-electron chi connectivity index (χ4n) is 4.33. The number of H-pyrrole nitrogens is 1. The second-order valence-electron chi connectivity index (χ2n) is 7.31. The van der Waals surface area contributed by atoms with Crippen LogP contribution in [0.4, 0.5) is 0 Å². The van der Waals surface area contributed by atoms with Crippen molar-refractivity contribution in [2.45, 2.75) is 25.4 Å².